The van der Waals surface area contributed by atoms with E-state index in [2.05, 4.69) is 60.6 Å². The molecule has 0 aliphatic carbocycles. The van der Waals surface area contributed by atoms with Gasteiger partial charge in [0.25, 0.3) is 0 Å². The molecule has 2 N–H and O–H groups in total. The number of aryl methyl sites for hydroxylation is 1. The van der Waals surface area contributed by atoms with Crippen molar-refractivity contribution >= 4 is 41.3 Å². The Kier molecular flexibility index (Phi) is 11.8. The lowest BCUT2D eigenvalue weighted by Gasteiger charge is -2.28. The van der Waals surface area contributed by atoms with Crippen molar-refractivity contribution in [1.29, 1.82) is 0 Å². The lowest BCUT2D eigenvalue weighted by Crippen LogP contribution is -2.40. The van der Waals surface area contributed by atoms with Crippen LogP contribution in [0.2, 0.25) is 0 Å². The maximum Gasteiger partial charge on any atom is 0.191 e. The fraction of sp³-hybridized carbons (Fsp3) is 0.765. The Labute approximate surface area is 168 Å². The summed E-state index contributed by atoms with van der Waals surface area (Å²) in [5.74, 6) is 0.838. The van der Waals surface area contributed by atoms with Gasteiger partial charge in [-0.25, -0.2) is 4.98 Å². The first-order valence-electron chi connectivity index (χ1n) is 8.38. The van der Waals surface area contributed by atoms with Crippen molar-refractivity contribution in [3.8, 4) is 0 Å². The Morgan fingerprint density at radius 1 is 1.33 bits per heavy atom. The van der Waals surface area contributed by atoms with Gasteiger partial charge in [-0.2, -0.15) is 0 Å². The van der Waals surface area contributed by atoms with Crippen LogP contribution in [0.3, 0.4) is 0 Å². The molecule has 5 nitrogen and oxygen atoms in total. The summed E-state index contributed by atoms with van der Waals surface area (Å²) in [6, 6.07) is 0. The highest BCUT2D eigenvalue weighted by molar-refractivity contribution is 14.0. The summed E-state index contributed by atoms with van der Waals surface area (Å²) in [6.45, 7) is 13.0. The zero-order valence-corrected chi connectivity index (χ0v) is 19.0. The van der Waals surface area contributed by atoms with Crippen molar-refractivity contribution in [2.45, 2.75) is 53.6 Å². The van der Waals surface area contributed by atoms with Gasteiger partial charge in [-0.3, -0.25) is 4.99 Å². The standard InChI is InChI=1S/C17H32N4OS.HI/c1-7-15-21-13(12-23-15)9-10-19-16(18-8-2)20-11-14(22-6)17(3,4)5;/h12,14H,7-11H2,1-6H3,(H2,18,19,20);1H. The molecule has 7 heteroatoms. The van der Waals surface area contributed by atoms with Crippen LogP contribution in [0.1, 0.15) is 45.3 Å². The van der Waals surface area contributed by atoms with Gasteiger partial charge in [0.1, 0.15) is 0 Å². The molecule has 0 fully saturated rings. The summed E-state index contributed by atoms with van der Waals surface area (Å²) in [5, 5.41) is 10.0. The number of methoxy groups -OCH3 is 1. The van der Waals surface area contributed by atoms with Gasteiger partial charge in [0, 0.05) is 32.0 Å². The third-order valence-electron chi connectivity index (χ3n) is 3.59. The van der Waals surface area contributed by atoms with Gasteiger partial charge in [-0.15, -0.1) is 35.3 Å². The number of hydrogen-bond acceptors (Lipinski definition) is 4. The molecule has 1 aromatic heterocycles. The van der Waals surface area contributed by atoms with Crippen molar-refractivity contribution in [2.75, 3.05) is 26.7 Å². The summed E-state index contributed by atoms with van der Waals surface area (Å²) >= 11 is 1.74. The zero-order valence-electron chi connectivity index (χ0n) is 15.8. The minimum atomic E-state index is 0. The van der Waals surface area contributed by atoms with Crippen molar-refractivity contribution in [3.63, 3.8) is 0 Å². The topological polar surface area (TPSA) is 58.5 Å². The molecule has 1 unspecified atom stereocenters. The molecule has 1 atom stereocenters. The number of aromatic nitrogens is 1. The van der Waals surface area contributed by atoms with E-state index in [-0.39, 0.29) is 35.5 Å². The van der Waals surface area contributed by atoms with Crippen molar-refractivity contribution < 1.29 is 4.74 Å². The maximum absolute atomic E-state index is 5.56. The van der Waals surface area contributed by atoms with E-state index in [1.54, 1.807) is 18.4 Å². The average molecular weight is 468 g/mol. The van der Waals surface area contributed by atoms with Crippen LogP contribution >= 0.6 is 35.3 Å². The van der Waals surface area contributed by atoms with Gasteiger partial charge in [-0.05, 0) is 18.8 Å². The van der Waals surface area contributed by atoms with E-state index in [0.717, 1.165) is 37.6 Å². The van der Waals surface area contributed by atoms with Crippen LogP contribution in [0.15, 0.2) is 10.4 Å². The van der Waals surface area contributed by atoms with Gasteiger partial charge in [-0.1, -0.05) is 27.7 Å². The molecule has 0 saturated heterocycles. The smallest absolute Gasteiger partial charge is 0.191 e. The van der Waals surface area contributed by atoms with E-state index in [4.69, 9.17) is 4.74 Å². The summed E-state index contributed by atoms with van der Waals surface area (Å²) < 4.78 is 5.56. The first-order valence-corrected chi connectivity index (χ1v) is 9.26. The fourth-order valence-corrected chi connectivity index (χ4v) is 2.93. The highest BCUT2D eigenvalue weighted by atomic mass is 127. The second-order valence-electron chi connectivity index (χ2n) is 6.57. The molecular weight excluding hydrogens is 435 g/mol. The number of aliphatic imine (C=N–C) groups is 1. The third-order valence-corrected chi connectivity index (χ3v) is 4.63. The SMILES string of the molecule is CCNC(=NCC(OC)C(C)(C)C)NCCc1csc(CC)n1.I. The summed E-state index contributed by atoms with van der Waals surface area (Å²) in [6.07, 6.45) is 2.02. The lowest BCUT2D eigenvalue weighted by atomic mass is 9.89. The summed E-state index contributed by atoms with van der Waals surface area (Å²) in [4.78, 5) is 9.24. The van der Waals surface area contributed by atoms with Crippen molar-refractivity contribution in [2.24, 2.45) is 10.4 Å². The molecule has 140 valence electrons. The molecule has 0 bridgehead atoms. The van der Waals surface area contributed by atoms with Crippen molar-refractivity contribution in [1.82, 2.24) is 15.6 Å². The maximum atomic E-state index is 5.56. The first kappa shape index (κ1) is 23.6. The van der Waals surface area contributed by atoms with E-state index in [9.17, 15) is 0 Å². The zero-order chi connectivity index (χ0) is 17.3. The number of nitrogens with one attached hydrogen (secondary N) is 2. The van der Waals surface area contributed by atoms with Gasteiger partial charge < -0.3 is 15.4 Å². The van der Waals surface area contributed by atoms with E-state index in [0.29, 0.717) is 6.54 Å². The Morgan fingerprint density at radius 3 is 2.54 bits per heavy atom. The van der Waals surface area contributed by atoms with Crippen LogP contribution in [-0.2, 0) is 17.6 Å². The lowest BCUT2D eigenvalue weighted by molar-refractivity contribution is 0.0241. The number of halogens is 1. The highest BCUT2D eigenvalue weighted by Crippen LogP contribution is 2.21. The molecular formula is C17H33IN4OS. The van der Waals surface area contributed by atoms with Crippen molar-refractivity contribution in [3.05, 3.63) is 16.1 Å². The number of rotatable bonds is 8. The van der Waals surface area contributed by atoms with E-state index < -0.39 is 0 Å². The fourth-order valence-electron chi connectivity index (χ4n) is 2.15. The van der Waals surface area contributed by atoms with Crippen LogP contribution in [0.5, 0.6) is 0 Å². The quantitative estimate of drug-likeness (QED) is 0.349. The highest BCUT2D eigenvalue weighted by Gasteiger charge is 2.24. The van der Waals surface area contributed by atoms with Crippen LogP contribution in [0, 0.1) is 5.41 Å². The minimum Gasteiger partial charge on any atom is -0.379 e. The minimum absolute atomic E-state index is 0. The first-order chi connectivity index (χ1) is 10.9. The van der Waals surface area contributed by atoms with Gasteiger partial charge >= 0.3 is 0 Å². The molecule has 0 spiro atoms. The van der Waals surface area contributed by atoms with Gasteiger partial charge in [0.05, 0.1) is 23.4 Å². The molecule has 0 aromatic carbocycles. The monoisotopic (exact) mass is 468 g/mol. The number of nitrogens with zero attached hydrogens (tertiary/aromatic N) is 2. The number of thiazole rings is 1. The van der Waals surface area contributed by atoms with E-state index >= 15 is 0 Å². The number of guanidine groups is 1. The molecule has 1 heterocycles. The second kappa shape index (κ2) is 12.0. The molecule has 0 aliphatic rings. The molecule has 1 rings (SSSR count). The molecule has 0 aliphatic heterocycles. The molecule has 1 aromatic rings. The third kappa shape index (κ3) is 8.62. The second-order valence-corrected chi connectivity index (χ2v) is 7.52. The molecule has 0 radical (unpaired) electrons. The Morgan fingerprint density at radius 2 is 2.04 bits per heavy atom. The van der Waals surface area contributed by atoms with Crippen LogP contribution in [0.25, 0.3) is 0 Å². The Balaban J connectivity index is 0.00000529. The average Bonchev–Trinajstić information content (AvgIpc) is 2.94. The van der Waals surface area contributed by atoms with E-state index in [1.807, 2.05) is 0 Å². The predicted molar refractivity (Wildman–Crippen MR) is 115 cm³/mol. The number of ether oxygens (including phenoxy) is 1. The van der Waals surface area contributed by atoms with Crippen LogP contribution in [-0.4, -0.2) is 43.8 Å². The van der Waals surface area contributed by atoms with Gasteiger partial charge in [0.2, 0.25) is 0 Å². The summed E-state index contributed by atoms with van der Waals surface area (Å²) in [5.41, 5.74) is 1.23. The Bertz CT molecular complexity index is 485. The molecule has 24 heavy (non-hydrogen) atoms. The normalized spacial score (nSPS) is 13.3. The summed E-state index contributed by atoms with van der Waals surface area (Å²) in [7, 11) is 1.75. The predicted octanol–water partition coefficient (Wildman–Crippen LogP) is 3.48. The van der Waals surface area contributed by atoms with E-state index in [1.165, 1.54) is 5.01 Å². The van der Waals surface area contributed by atoms with Crippen LogP contribution in [0.4, 0.5) is 0 Å². The molecule has 0 saturated carbocycles. The largest absolute Gasteiger partial charge is 0.379 e. The van der Waals surface area contributed by atoms with Gasteiger partial charge in [0.15, 0.2) is 5.96 Å². The number of hydrogen-bond donors (Lipinski definition) is 2. The molecule has 0 amide bonds. The Hall–Kier alpha value is -0.410. The van der Waals surface area contributed by atoms with Crippen LogP contribution < -0.4 is 10.6 Å².